The van der Waals surface area contributed by atoms with Crippen molar-refractivity contribution < 1.29 is 0 Å². The van der Waals surface area contributed by atoms with E-state index in [-0.39, 0.29) is 0 Å². The monoisotopic (exact) mass is 122 g/mol. The van der Waals surface area contributed by atoms with Gasteiger partial charge in [-0.05, 0) is 30.1 Å². The van der Waals surface area contributed by atoms with E-state index in [4.69, 9.17) is 0 Å². The number of rotatable bonds is 0. The van der Waals surface area contributed by atoms with Crippen LogP contribution < -0.4 is 0 Å². The standard InChI is InChI=1S/C9H14/c1-5-4-8-7(3)9(8)6(5)2/h5,7-9H,2,4H2,1,3H3. The first-order valence-electron chi connectivity index (χ1n) is 3.90. The molecule has 0 spiro atoms. The Labute approximate surface area is 57.0 Å². The van der Waals surface area contributed by atoms with Crippen molar-refractivity contribution in [1.82, 2.24) is 0 Å². The van der Waals surface area contributed by atoms with Crippen molar-refractivity contribution >= 4 is 0 Å². The molecule has 2 rings (SSSR count). The Morgan fingerprint density at radius 2 is 2.11 bits per heavy atom. The average Bonchev–Trinajstić information content (AvgIpc) is 2.29. The highest BCUT2D eigenvalue weighted by atomic mass is 14.6. The summed E-state index contributed by atoms with van der Waals surface area (Å²) in [5.74, 6) is 3.78. The molecule has 4 atom stereocenters. The van der Waals surface area contributed by atoms with Crippen LogP contribution in [-0.4, -0.2) is 0 Å². The molecule has 2 aliphatic carbocycles. The highest BCUT2D eigenvalue weighted by Crippen LogP contribution is 2.61. The van der Waals surface area contributed by atoms with Crippen molar-refractivity contribution in [1.29, 1.82) is 0 Å². The highest BCUT2D eigenvalue weighted by molar-refractivity contribution is 5.24. The first-order chi connectivity index (χ1) is 4.22. The minimum Gasteiger partial charge on any atom is -0.0993 e. The fourth-order valence-corrected chi connectivity index (χ4v) is 2.41. The van der Waals surface area contributed by atoms with Crippen LogP contribution in [0.5, 0.6) is 0 Å². The number of hydrogen-bond donors (Lipinski definition) is 0. The lowest BCUT2D eigenvalue weighted by atomic mass is 9.99. The summed E-state index contributed by atoms with van der Waals surface area (Å²) in [6.07, 6.45) is 1.42. The molecule has 2 fully saturated rings. The van der Waals surface area contributed by atoms with Gasteiger partial charge in [-0.1, -0.05) is 26.0 Å². The van der Waals surface area contributed by atoms with Crippen LogP contribution in [0.25, 0.3) is 0 Å². The summed E-state index contributed by atoms with van der Waals surface area (Å²) in [6, 6.07) is 0. The van der Waals surface area contributed by atoms with Gasteiger partial charge in [0, 0.05) is 0 Å². The average molecular weight is 122 g/mol. The van der Waals surface area contributed by atoms with Crippen LogP contribution >= 0.6 is 0 Å². The molecule has 0 radical (unpaired) electrons. The van der Waals surface area contributed by atoms with Crippen molar-refractivity contribution in [3.63, 3.8) is 0 Å². The van der Waals surface area contributed by atoms with Crippen molar-refractivity contribution in [2.75, 3.05) is 0 Å². The number of allylic oxidation sites excluding steroid dienone is 1. The molecule has 0 N–H and O–H groups in total. The zero-order valence-corrected chi connectivity index (χ0v) is 6.22. The van der Waals surface area contributed by atoms with Gasteiger partial charge < -0.3 is 0 Å². The molecule has 50 valence electrons. The maximum atomic E-state index is 4.11. The molecule has 0 aliphatic heterocycles. The van der Waals surface area contributed by atoms with Gasteiger partial charge in [-0.15, -0.1) is 0 Å². The smallest absolute Gasteiger partial charge is 0.0143 e. The molecular formula is C9H14. The molecule has 0 aromatic rings. The van der Waals surface area contributed by atoms with Gasteiger partial charge in [-0.25, -0.2) is 0 Å². The zero-order chi connectivity index (χ0) is 6.59. The summed E-state index contributed by atoms with van der Waals surface area (Å²) in [7, 11) is 0. The van der Waals surface area contributed by atoms with Crippen LogP contribution in [0.3, 0.4) is 0 Å². The second kappa shape index (κ2) is 1.42. The SMILES string of the molecule is C=C1C(C)CC2C(C)C12. The van der Waals surface area contributed by atoms with Crippen LogP contribution in [-0.2, 0) is 0 Å². The molecule has 0 heteroatoms. The topological polar surface area (TPSA) is 0 Å². The fraction of sp³-hybridized carbons (Fsp3) is 0.778. The maximum absolute atomic E-state index is 4.11. The third-order valence-corrected chi connectivity index (χ3v) is 3.25. The molecule has 2 aliphatic rings. The number of hydrogen-bond acceptors (Lipinski definition) is 0. The van der Waals surface area contributed by atoms with E-state index in [0.717, 1.165) is 23.7 Å². The molecule has 0 heterocycles. The lowest BCUT2D eigenvalue weighted by Gasteiger charge is -2.07. The van der Waals surface area contributed by atoms with Crippen LogP contribution in [0.15, 0.2) is 12.2 Å². The summed E-state index contributed by atoms with van der Waals surface area (Å²) in [6.45, 7) is 8.77. The van der Waals surface area contributed by atoms with Crippen LogP contribution in [0, 0.1) is 23.7 Å². The lowest BCUT2D eigenvalue weighted by molar-refractivity contribution is 0.569. The first-order valence-corrected chi connectivity index (χ1v) is 3.90. The van der Waals surface area contributed by atoms with E-state index in [1.54, 1.807) is 0 Å². The Kier molecular flexibility index (Phi) is 0.870. The molecule has 0 amide bonds. The summed E-state index contributed by atoms with van der Waals surface area (Å²) < 4.78 is 0. The zero-order valence-electron chi connectivity index (χ0n) is 6.22. The van der Waals surface area contributed by atoms with Gasteiger partial charge >= 0.3 is 0 Å². The van der Waals surface area contributed by atoms with Crippen molar-refractivity contribution in [2.24, 2.45) is 23.7 Å². The highest BCUT2D eigenvalue weighted by Gasteiger charge is 2.54. The first kappa shape index (κ1) is 5.52. The van der Waals surface area contributed by atoms with Gasteiger partial charge in [0.05, 0.1) is 0 Å². The molecule has 9 heavy (non-hydrogen) atoms. The Hall–Kier alpha value is -0.260. The molecular weight excluding hydrogens is 108 g/mol. The Morgan fingerprint density at radius 3 is 2.44 bits per heavy atom. The van der Waals surface area contributed by atoms with Crippen LogP contribution in [0.4, 0.5) is 0 Å². The van der Waals surface area contributed by atoms with Crippen LogP contribution in [0.2, 0.25) is 0 Å². The lowest BCUT2D eigenvalue weighted by Crippen LogP contribution is -1.96. The molecule has 0 saturated heterocycles. The van der Waals surface area contributed by atoms with Crippen molar-refractivity contribution in [3.8, 4) is 0 Å². The summed E-state index contributed by atoms with van der Waals surface area (Å²) in [4.78, 5) is 0. The van der Waals surface area contributed by atoms with E-state index >= 15 is 0 Å². The van der Waals surface area contributed by atoms with Gasteiger partial charge in [0.25, 0.3) is 0 Å². The Morgan fingerprint density at radius 1 is 1.44 bits per heavy atom. The van der Waals surface area contributed by atoms with E-state index in [1.807, 2.05) is 0 Å². The predicted octanol–water partition coefficient (Wildman–Crippen LogP) is 2.46. The van der Waals surface area contributed by atoms with E-state index in [0.29, 0.717) is 0 Å². The summed E-state index contributed by atoms with van der Waals surface area (Å²) in [5.41, 5.74) is 1.53. The summed E-state index contributed by atoms with van der Waals surface area (Å²) >= 11 is 0. The van der Waals surface area contributed by atoms with Gasteiger partial charge in [0.15, 0.2) is 0 Å². The third-order valence-electron chi connectivity index (χ3n) is 3.25. The van der Waals surface area contributed by atoms with E-state index in [1.165, 1.54) is 12.0 Å². The number of fused-ring (bicyclic) bond motifs is 1. The minimum atomic E-state index is 0.830. The third kappa shape index (κ3) is 0.540. The van der Waals surface area contributed by atoms with Crippen molar-refractivity contribution in [3.05, 3.63) is 12.2 Å². The predicted molar refractivity (Wildman–Crippen MR) is 39.1 cm³/mol. The second-order valence-electron chi connectivity index (χ2n) is 3.76. The molecule has 0 nitrogen and oxygen atoms in total. The van der Waals surface area contributed by atoms with E-state index in [9.17, 15) is 0 Å². The minimum absolute atomic E-state index is 0.830. The van der Waals surface area contributed by atoms with Crippen molar-refractivity contribution in [2.45, 2.75) is 20.3 Å². The molecule has 0 aromatic carbocycles. The quantitative estimate of drug-likeness (QED) is 0.433. The largest absolute Gasteiger partial charge is 0.0993 e. The molecule has 4 unspecified atom stereocenters. The van der Waals surface area contributed by atoms with Gasteiger partial charge in [0.1, 0.15) is 0 Å². The maximum Gasteiger partial charge on any atom is -0.0143 e. The Bertz CT molecular complexity index is 157. The fourth-order valence-electron chi connectivity index (χ4n) is 2.41. The van der Waals surface area contributed by atoms with E-state index < -0.39 is 0 Å². The molecule has 0 bridgehead atoms. The van der Waals surface area contributed by atoms with E-state index in [2.05, 4.69) is 20.4 Å². The molecule has 2 saturated carbocycles. The normalized spacial score (nSPS) is 55.6. The molecule has 0 aromatic heterocycles. The summed E-state index contributed by atoms with van der Waals surface area (Å²) in [5, 5.41) is 0. The van der Waals surface area contributed by atoms with Gasteiger partial charge in [0.2, 0.25) is 0 Å². The van der Waals surface area contributed by atoms with Gasteiger partial charge in [-0.2, -0.15) is 0 Å². The van der Waals surface area contributed by atoms with Crippen LogP contribution in [0.1, 0.15) is 20.3 Å². The second-order valence-corrected chi connectivity index (χ2v) is 3.76. The Balaban J connectivity index is 2.16. The van der Waals surface area contributed by atoms with Gasteiger partial charge in [-0.3, -0.25) is 0 Å².